The molecular formula is C26H34N4O2Si. The Labute approximate surface area is 200 Å². The molecule has 0 atom stereocenters. The minimum Gasteiger partial charge on any atom is -0.365 e. The molecule has 2 radical (unpaired) electrons. The zero-order chi connectivity index (χ0) is 23.4. The van der Waals surface area contributed by atoms with Gasteiger partial charge in [0.05, 0.1) is 5.70 Å². The highest BCUT2D eigenvalue weighted by molar-refractivity contribution is 6.50. The van der Waals surface area contributed by atoms with Crippen LogP contribution in [0.3, 0.4) is 0 Å². The summed E-state index contributed by atoms with van der Waals surface area (Å²) in [5, 5.41) is 1.42. The molecular weight excluding hydrogens is 428 g/mol. The smallest absolute Gasteiger partial charge is 0.227 e. The first kappa shape index (κ1) is 23.5. The molecule has 5 rings (SSSR count). The van der Waals surface area contributed by atoms with Crippen molar-refractivity contribution in [2.75, 3.05) is 52.4 Å². The molecule has 0 saturated carbocycles. The van der Waals surface area contributed by atoms with Crippen molar-refractivity contribution < 1.29 is 9.59 Å². The van der Waals surface area contributed by atoms with Crippen molar-refractivity contribution in [3.63, 3.8) is 0 Å². The third-order valence-electron chi connectivity index (χ3n) is 5.88. The highest BCUT2D eigenvalue weighted by Gasteiger charge is 2.43. The Morgan fingerprint density at radius 3 is 2.09 bits per heavy atom. The predicted molar refractivity (Wildman–Crippen MR) is 134 cm³/mol. The van der Waals surface area contributed by atoms with Gasteiger partial charge in [-0.2, -0.15) is 0 Å². The van der Waals surface area contributed by atoms with Crippen LogP contribution in [0.15, 0.2) is 54.0 Å². The maximum Gasteiger partial charge on any atom is 0.227 e. The van der Waals surface area contributed by atoms with Crippen molar-refractivity contribution in [3.05, 3.63) is 59.6 Å². The van der Waals surface area contributed by atoms with Crippen LogP contribution >= 0.6 is 0 Å². The van der Waals surface area contributed by atoms with Gasteiger partial charge in [-0.05, 0) is 36.7 Å². The quantitative estimate of drug-likeness (QED) is 0.301. The van der Waals surface area contributed by atoms with Gasteiger partial charge in [0.2, 0.25) is 11.6 Å². The number of rotatable bonds is 10. The molecule has 1 aliphatic carbocycles. The molecule has 1 aromatic rings. The van der Waals surface area contributed by atoms with Crippen molar-refractivity contribution >= 4 is 32.5 Å². The van der Waals surface area contributed by atoms with Crippen molar-refractivity contribution in [3.8, 4) is 0 Å². The number of carbonyl (C=O) groups is 2. The fourth-order valence-electron chi connectivity index (χ4n) is 3.96. The number of carbonyl (C=O) groups excluding carboxylic acids is 2. The van der Waals surface area contributed by atoms with Crippen LogP contribution in [-0.4, -0.2) is 92.9 Å². The lowest BCUT2D eigenvalue weighted by molar-refractivity contribution is -0.117. The third-order valence-corrected chi connectivity index (χ3v) is 7.22. The summed E-state index contributed by atoms with van der Waals surface area (Å²) >= 11 is 0. The summed E-state index contributed by atoms with van der Waals surface area (Å²) in [4.78, 5) is 30.5. The average Bonchev–Trinajstić information content (AvgIpc) is 3.64. The van der Waals surface area contributed by atoms with Gasteiger partial charge in [0.1, 0.15) is 11.4 Å². The van der Waals surface area contributed by atoms with Crippen LogP contribution in [0, 0.1) is 0 Å². The molecule has 0 bridgehead atoms. The molecule has 3 heterocycles. The second-order valence-corrected chi connectivity index (χ2v) is 10.2. The molecule has 7 heteroatoms. The van der Waals surface area contributed by atoms with Crippen LogP contribution in [0.25, 0.3) is 6.08 Å². The lowest BCUT2D eigenvalue weighted by Crippen LogP contribution is -2.37. The molecule has 0 amide bonds. The summed E-state index contributed by atoms with van der Waals surface area (Å²) in [5.74, 6) is 0.0485. The van der Waals surface area contributed by atoms with E-state index in [-0.39, 0.29) is 11.6 Å². The molecule has 1 aromatic carbocycles. The fraction of sp³-hybridized carbons (Fsp3) is 0.462. The van der Waals surface area contributed by atoms with Gasteiger partial charge in [-0.15, -0.1) is 0 Å². The van der Waals surface area contributed by atoms with E-state index >= 15 is 0 Å². The zero-order valence-electron chi connectivity index (χ0n) is 19.8. The SMILES string of the molecule is C=Cc1cccc([Si]N(CCC)CCC)c1.O=C1C=C(N2CC2)C(=O)C(N2CC2)=C1N1CC1. The first-order valence-corrected chi connectivity index (χ1v) is 13.0. The lowest BCUT2D eigenvalue weighted by Gasteiger charge is -2.21. The van der Waals surface area contributed by atoms with E-state index in [0.717, 1.165) is 48.9 Å². The van der Waals surface area contributed by atoms with Crippen molar-refractivity contribution in [2.24, 2.45) is 0 Å². The molecule has 0 N–H and O–H groups in total. The number of hydrogen-bond donors (Lipinski definition) is 0. The van der Waals surface area contributed by atoms with Crippen LogP contribution in [0.4, 0.5) is 0 Å². The topological polar surface area (TPSA) is 46.4 Å². The number of Topliss-reactive ketones (excluding diaryl/α,β-unsaturated/α-hetero) is 1. The molecule has 4 aliphatic rings. The summed E-state index contributed by atoms with van der Waals surface area (Å²) in [6.45, 7) is 16.1. The summed E-state index contributed by atoms with van der Waals surface area (Å²) in [5.41, 5.74) is 3.11. The molecule has 33 heavy (non-hydrogen) atoms. The van der Waals surface area contributed by atoms with Gasteiger partial charge in [-0.1, -0.05) is 50.8 Å². The number of hydrogen-bond acceptors (Lipinski definition) is 6. The minimum absolute atomic E-state index is 0.00546. The summed E-state index contributed by atoms with van der Waals surface area (Å²) in [6, 6.07) is 8.67. The van der Waals surface area contributed by atoms with Gasteiger partial charge >= 0.3 is 0 Å². The standard InChI is InChI=1S/C14H21NSi.C12H13N3O2/c1-4-10-15(11-5-2)16-14-9-7-8-13(6-3)12-14;16-9-7-8(13-1-2-13)12(17)11(15-5-6-15)10(9)14-3-4-14/h6-9,12H,3-5,10-11H2,1-2H3;7H,1-6H2. The Balaban J connectivity index is 0.000000158. The number of nitrogens with zero attached hydrogens (tertiary/aromatic N) is 4. The van der Waals surface area contributed by atoms with E-state index in [1.54, 1.807) is 0 Å². The van der Waals surface area contributed by atoms with Gasteiger partial charge in [-0.25, -0.2) is 0 Å². The van der Waals surface area contributed by atoms with E-state index in [4.69, 9.17) is 0 Å². The Kier molecular flexibility index (Phi) is 7.50. The van der Waals surface area contributed by atoms with E-state index in [1.165, 1.54) is 42.8 Å². The highest BCUT2D eigenvalue weighted by Crippen LogP contribution is 2.33. The second kappa shape index (κ2) is 10.5. The fourth-order valence-corrected chi connectivity index (χ4v) is 5.39. The van der Waals surface area contributed by atoms with Crippen LogP contribution in [0.2, 0.25) is 0 Å². The Bertz CT molecular complexity index is 968. The average molecular weight is 463 g/mol. The largest absolute Gasteiger partial charge is 0.365 e. The van der Waals surface area contributed by atoms with Crippen molar-refractivity contribution in [1.82, 2.24) is 19.3 Å². The maximum absolute atomic E-state index is 12.4. The second-order valence-electron chi connectivity index (χ2n) is 8.81. The van der Waals surface area contributed by atoms with Crippen molar-refractivity contribution in [2.45, 2.75) is 26.7 Å². The molecule has 174 valence electrons. The molecule has 0 spiro atoms. The van der Waals surface area contributed by atoms with Gasteiger partial charge < -0.3 is 19.3 Å². The summed E-state index contributed by atoms with van der Waals surface area (Å²) in [6.07, 6.45) is 5.90. The van der Waals surface area contributed by atoms with Crippen LogP contribution in [-0.2, 0) is 9.59 Å². The molecule has 3 fully saturated rings. The molecule has 3 aliphatic heterocycles. The van der Waals surface area contributed by atoms with E-state index in [0.29, 0.717) is 17.1 Å². The molecule has 0 aromatic heterocycles. The monoisotopic (exact) mass is 462 g/mol. The zero-order valence-corrected chi connectivity index (χ0v) is 20.8. The predicted octanol–water partition coefficient (Wildman–Crippen LogP) is 1.88. The van der Waals surface area contributed by atoms with Gasteiger partial charge in [0.15, 0.2) is 9.68 Å². The number of allylic oxidation sites excluding steroid dienone is 1. The van der Waals surface area contributed by atoms with Crippen LogP contribution in [0.5, 0.6) is 0 Å². The van der Waals surface area contributed by atoms with E-state index < -0.39 is 0 Å². The summed E-state index contributed by atoms with van der Waals surface area (Å²) < 4.78 is 2.54. The lowest BCUT2D eigenvalue weighted by atomic mass is 10.0. The Morgan fingerprint density at radius 2 is 1.55 bits per heavy atom. The highest BCUT2D eigenvalue weighted by atomic mass is 28.2. The van der Waals surface area contributed by atoms with Gasteiger partial charge in [0, 0.05) is 45.3 Å². The van der Waals surface area contributed by atoms with E-state index in [2.05, 4.69) is 49.3 Å². The Hall–Kier alpha value is -2.64. The molecule has 6 nitrogen and oxygen atoms in total. The first-order valence-electron chi connectivity index (χ1n) is 12.1. The van der Waals surface area contributed by atoms with E-state index in [1.807, 2.05) is 20.8 Å². The molecule has 3 saturated heterocycles. The maximum atomic E-state index is 12.4. The van der Waals surface area contributed by atoms with Gasteiger partial charge in [0.25, 0.3) is 0 Å². The van der Waals surface area contributed by atoms with E-state index in [9.17, 15) is 9.59 Å². The van der Waals surface area contributed by atoms with Crippen LogP contribution < -0.4 is 5.19 Å². The normalized spacial score (nSPS) is 18.9. The molecule has 0 unspecified atom stereocenters. The first-order chi connectivity index (χ1) is 16.0. The minimum atomic E-state index is 0.00546. The summed E-state index contributed by atoms with van der Waals surface area (Å²) in [7, 11) is 0.794. The third kappa shape index (κ3) is 6.03. The Morgan fingerprint density at radius 1 is 0.939 bits per heavy atom. The number of benzene rings is 1. The van der Waals surface area contributed by atoms with Gasteiger partial charge in [-0.3, -0.25) is 9.59 Å². The number of ketones is 2. The van der Waals surface area contributed by atoms with Crippen LogP contribution in [0.1, 0.15) is 32.3 Å². The van der Waals surface area contributed by atoms with Crippen molar-refractivity contribution in [1.29, 1.82) is 0 Å².